The van der Waals surface area contributed by atoms with Gasteiger partial charge >= 0.3 is 12.3 Å². The number of ether oxygens (including phenoxy) is 2. The van der Waals surface area contributed by atoms with Crippen LogP contribution in [0.15, 0.2) is 59.5 Å². The van der Waals surface area contributed by atoms with E-state index in [1.165, 1.54) is 42.3 Å². The monoisotopic (exact) mass is 579 g/mol. The maximum atomic E-state index is 14.7. The number of nitrogens with zero attached hydrogens (tertiary/aromatic N) is 1. The molecule has 40 heavy (non-hydrogen) atoms. The number of amides is 1. The van der Waals surface area contributed by atoms with Crippen molar-refractivity contribution in [1.29, 1.82) is 0 Å². The van der Waals surface area contributed by atoms with E-state index >= 15 is 0 Å². The summed E-state index contributed by atoms with van der Waals surface area (Å²) in [6.45, 7) is 5.01. The SMILES string of the molecule is COc1cc(F)c(C(C)C)cc1-c1ccc(C(F)(F)F)cc1CN1C(=O)OC(c2cccc(S(C)(=O)=O)c2)C1C. The van der Waals surface area contributed by atoms with Gasteiger partial charge in [-0.2, -0.15) is 13.2 Å². The smallest absolute Gasteiger partial charge is 0.416 e. The van der Waals surface area contributed by atoms with E-state index in [2.05, 4.69) is 0 Å². The Kier molecular flexibility index (Phi) is 7.90. The summed E-state index contributed by atoms with van der Waals surface area (Å²) in [6, 6.07) is 11.3. The summed E-state index contributed by atoms with van der Waals surface area (Å²) in [6.07, 6.45) is -5.20. The summed E-state index contributed by atoms with van der Waals surface area (Å²) in [5.74, 6) is -0.574. The van der Waals surface area contributed by atoms with E-state index in [0.717, 1.165) is 18.4 Å². The molecule has 1 saturated heterocycles. The summed E-state index contributed by atoms with van der Waals surface area (Å²) in [7, 11) is -2.18. The second-order valence-electron chi connectivity index (χ2n) is 10.1. The highest BCUT2D eigenvalue weighted by atomic mass is 32.2. The quantitative estimate of drug-likeness (QED) is 0.279. The molecule has 0 aromatic heterocycles. The molecule has 214 valence electrons. The third kappa shape index (κ3) is 5.79. The molecule has 0 bridgehead atoms. The van der Waals surface area contributed by atoms with E-state index in [1.807, 2.05) is 0 Å². The van der Waals surface area contributed by atoms with Crippen LogP contribution in [0, 0.1) is 5.82 Å². The maximum Gasteiger partial charge on any atom is 0.416 e. The Balaban J connectivity index is 1.79. The van der Waals surface area contributed by atoms with Gasteiger partial charge in [0.1, 0.15) is 17.7 Å². The van der Waals surface area contributed by atoms with E-state index in [0.29, 0.717) is 22.3 Å². The van der Waals surface area contributed by atoms with Crippen LogP contribution in [-0.4, -0.2) is 38.8 Å². The van der Waals surface area contributed by atoms with Crippen molar-refractivity contribution >= 4 is 15.9 Å². The van der Waals surface area contributed by atoms with Crippen molar-refractivity contribution in [3.05, 3.63) is 82.7 Å². The molecule has 0 radical (unpaired) electrons. The molecule has 1 aliphatic heterocycles. The van der Waals surface area contributed by atoms with Crippen LogP contribution in [0.1, 0.15) is 55.0 Å². The van der Waals surface area contributed by atoms with Gasteiger partial charge in [-0.1, -0.05) is 32.0 Å². The molecule has 0 N–H and O–H groups in total. The first-order chi connectivity index (χ1) is 18.6. The van der Waals surface area contributed by atoms with Gasteiger partial charge in [0.25, 0.3) is 0 Å². The fraction of sp³-hybridized carbons (Fsp3) is 0.345. The lowest BCUT2D eigenvalue weighted by atomic mass is 9.92. The van der Waals surface area contributed by atoms with E-state index < -0.39 is 45.6 Å². The number of methoxy groups -OCH3 is 1. The lowest BCUT2D eigenvalue weighted by Crippen LogP contribution is -2.31. The molecule has 2 unspecified atom stereocenters. The fourth-order valence-electron chi connectivity index (χ4n) is 4.82. The van der Waals surface area contributed by atoms with E-state index in [4.69, 9.17) is 9.47 Å². The van der Waals surface area contributed by atoms with E-state index in [-0.39, 0.29) is 28.7 Å². The predicted molar refractivity (Wildman–Crippen MR) is 141 cm³/mol. The molecule has 3 aromatic carbocycles. The van der Waals surface area contributed by atoms with Crippen molar-refractivity contribution < 1.29 is 40.2 Å². The molecule has 0 spiro atoms. The van der Waals surface area contributed by atoms with Crippen LogP contribution in [0.25, 0.3) is 11.1 Å². The third-order valence-electron chi connectivity index (χ3n) is 7.01. The largest absolute Gasteiger partial charge is 0.496 e. The molecule has 3 aromatic rings. The predicted octanol–water partition coefficient (Wildman–Crippen LogP) is 7.13. The Bertz CT molecular complexity index is 1550. The zero-order chi connectivity index (χ0) is 29.6. The minimum Gasteiger partial charge on any atom is -0.496 e. The van der Waals surface area contributed by atoms with Crippen LogP contribution in [0.5, 0.6) is 5.75 Å². The summed E-state index contributed by atoms with van der Waals surface area (Å²) >= 11 is 0. The Morgan fingerprint density at radius 1 is 1.05 bits per heavy atom. The summed E-state index contributed by atoms with van der Waals surface area (Å²) in [5.41, 5.74) is 0.778. The van der Waals surface area contributed by atoms with Gasteiger partial charge < -0.3 is 9.47 Å². The molecule has 0 saturated carbocycles. The number of carbonyl (C=O) groups is 1. The van der Waals surface area contributed by atoms with Crippen LogP contribution in [-0.2, 0) is 27.3 Å². The molecule has 1 heterocycles. The lowest BCUT2D eigenvalue weighted by Gasteiger charge is -2.24. The number of benzene rings is 3. The topological polar surface area (TPSA) is 72.9 Å². The summed E-state index contributed by atoms with van der Waals surface area (Å²) < 4.78 is 90.9. The highest BCUT2D eigenvalue weighted by Gasteiger charge is 2.41. The van der Waals surface area contributed by atoms with Crippen LogP contribution in [0.3, 0.4) is 0 Å². The van der Waals surface area contributed by atoms with Gasteiger partial charge in [0.05, 0.1) is 30.2 Å². The van der Waals surface area contributed by atoms with Gasteiger partial charge in [0.2, 0.25) is 0 Å². The molecule has 2 atom stereocenters. The number of alkyl halides is 3. The van der Waals surface area contributed by atoms with Gasteiger partial charge in [0.15, 0.2) is 9.84 Å². The Hall–Kier alpha value is -3.60. The average molecular weight is 580 g/mol. The molecule has 1 fully saturated rings. The zero-order valence-electron chi connectivity index (χ0n) is 22.5. The second-order valence-corrected chi connectivity index (χ2v) is 12.1. The van der Waals surface area contributed by atoms with Gasteiger partial charge in [-0.05, 0) is 65.4 Å². The van der Waals surface area contributed by atoms with Crippen molar-refractivity contribution in [3.8, 4) is 16.9 Å². The Morgan fingerprint density at radius 2 is 1.75 bits per heavy atom. The fourth-order valence-corrected chi connectivity index (χ4v) is 5.50. The first kappa shape index (κ1) is 29.4. The maximum absolute atomic E-state index is 14.7. The van der Waals surface area contributed by atoms with Gasteiger partial charge in [0, 0.05) is 17.9 Å². The molecule has 0 aliphatic carbocycles. The lowest BCUT2D eigenvalue weighted by molar-refractivity contribution is -0.137. The molecule has 11 heteroatoms. The third-order valence-corrected chi connectivity index (χ3v) is 8.12. The molecule has 1 amide bonds. The van der Waals surface area contributed by atoms with E-state index in [9.17, 15) is 30.8 Å². The number of halogens is 4. The number of hydrogen-bond donors (Lipinski definition) is 0. The van der Waals surface area contributed by atoms with Gasteiger partial charge in [-0.25, -0.2) is 17.6 Å². The minimum atomic E-state index is -4.64. The number of cyclic esters (lactones) is 1. The molecular weight excluding hydrogens is 550 g/mol. The minimum absolute atomic E-state index is 0.0521. The van der Waals surface area contributed by atoms with Crippen LogP contribution in [0.4, 0.5) is 22.4 Å². The first-order valence-electron chi connectivity index (χ1n) is 12.5. The van der Waals surface area contributed by atoms with Crippen LogP contribution < -0.4 is 4.74 Å². The first-order valence-corrected chi connectivity index (χ1v) is 14.4. The standard InChI is InChI=1S/C29H29F4NO5S/c1-16(2)23-13-24(26(38-4)14-25(23)30)22-10-9-20(29(31,32)33)11-19(22)15-34-17(3)27(39-28(34)35)18-7-6-8-21(12-18)40(5,36)37/h6-14,16-17,27H,15H2,1-5H3. The number of hydrogen-bond acceptors (Lipinski definition) is 5. The van der Waals surface area contributed by atoms with Crippen LogP contribution >= 0.6 is 0 Å². The van der Waals surface area contributed by atoms with Crippen molar-refractivity contribution in [2.24, 2.45) is 0 Å². The molecular formula is C29H29F4NO5S. The second kappa shape index (κ2) is 10.8. The number of rotatable bonds is 7. The summed E-state index contributed by atoms with van der Waals surface area (Å²) in [5, 5.41) is 0. The Labute approximate surface area is 230 Å². The average Bonchev–Trinajstić information content (AvgIpc) is 3.15. The Morgan fingerprint density at radius 3 is 2.35 bits per heavy atom. The number of sulfone groups is 1. The van der Waals surface area contributed by atoms with E-state index in [1.54, 1.807) is 32.9 Å². The molecule has 6 nitrogen and oxygen atoms in total. The van der Waals surface area contributed by atoms with Crippen LogP contribution in [0.2, 0.25) is 0 Å². The van der Waals surface area contributed by atoms with Gasteiger partial charge in [-0.15, -0.1) is 0 Å². The van der Waals surface area contributed by atoms with Crippen molar-refractivity contribution in [2.75, 3.05) is 13.4 Å². The zero-order valence-corrected chi connectivity index (χ0v) is 23.4. The summed E-state index contributed by atoms with van der Waals surface area (Å²) in [4.78, 5) is 14.3. The normalized spacial score (nSPS) is 17.9. The van der Waals surface area contributed by atoms with Crippen molar-refractivity contribution in [1.82, 2.24) is 4.90 Å². The van der Waals surface area contributed by atoms with Crippen molar-refractivity contribution in [2.45, 2.75) is 56.5 Å². The molecule has 1 aliphatic rings. The van der Waals surface area contributed by atoms with Crippen molar-refractivity contribution in [3.63, 3.8) is 0 Å². The molecule has 4 rings (SSSR count). The highest BCUT2D eigenvalue weighted by Crippen LogP contribution is 2.41. The van der Waals surface area contributed by atoms with Gasteiger partial charge in [-0.3, -0.25) is 4.90 Å². The highest BCUT2D eigenvalue weighted by molar-refractivity contribution is 7.90. The number of carbonyl (C=O) groups excluding carboxylic acids is 1.